The number of ether oxygens (including phenoxy) is 2. The van der Waals surface area contributed by atoms with Gasteiger partial charge in [-0.05, 0) is 61.9 Å². The molecule has 1 heterocycles. The zero-order valence-electron chi connectivity index (χ0n) is 18.6. The number of nitrogens with one attached hydrogen (secondary N) is 1. The number of carbonyl (C=O) groups excluding carboxylic acids is 2. The van der Waals surface area contributed by atoms with E-state index in [1.54, 1.807) is 14.2 Å². The molecule has 166 valence electrons. The van der Waals surface area contributed by atoms with E-state index in [0.717, 1.165) is 54.1 Å². The molecule has 1 saturated heterocycles. The fourth-order valence-corrected chi connectivity index (χ4v) is 4.10. The quantitative estimate of drug-likeness (QED) is 0.689. The van der Waals surface area contributed by atoms with Crippen molar-refractivity contribution in [2.24, 2.45) is 5.92 Å². The number of amides is 2. The largest absolute Gasteiger partial charge is 0.497 e. The minimum absolute atomic E-state index is 0.00531. The highest BCUT2D eigenvalue weighted by Gasteiger charge is 2.24. The Bertz CT molecular complexity index is 912. The van der Waals surface area contributed by atoms with Crippen LogP contribution in [-0.4, -0.2) is 44.0 Å². The van der Waals surface area contributed by atoms with Crippen LogP contribution in [0.5, 0.6) is 11.5 Å². The molecule has 0 radical (unpaired) electrons. The van der Waals surface area contributed by atoms with Gasteiger partial charge in [-0.15, -0.1) is 0 Å². The molecule has 1 aliphatic rings. The molecular weight excluding hydrogens is 392 g/mol. The van der Waals surface area contributed by atoms with Crippen molar-refractivity contribution in [1.82, 2.24) is 4.90 Å². The number of nitrogens with zero attached hydrogens (tertiary/aromatic N) is 1. The van der Waals surface area contributed by atoms with Crippen LogP contribution in [0, 0.1) is 12.8 Å². The summed E-state index contributed by atoms with van der Waals surface area (Å²) >= 11 is 0. The Labute approximate surface area is 184 Å². The number of aryl methyl sites for hydroxylation is 1. The van der Waals surface area contributed by atoms with Crippen LogP contribution in [0.15, 0.2) is 42.5 Å². The van der Waals surface area contributed by atoms with Gasteiger partial charge in [0.1, 0.15) is 11.5 Å². The van der Waals surface area contributed by atoms with Crippen LogP contribution >= 0.6 is 0 Å². The fourth-order valence-electron chi connectivity index (χ4n) is 4.10. The highest BCUT2D eigenvalue weighted by Crippen LogP contribution is 2.25. The van der Waals surface area contributed by atoms with Crippen LogP contribution < -0.4 is 14.8 Å². The van der Waals surface area contributed by atoms with Crippen LogP contribution in [-0.2, 0) is 16.0 Å². The summed E-state index contributed by atoms with van der Waals surface area (Å²) < 4.78 is 10.6. The van der Waals surface area contributed by atoms with Crippen LogP contribution in [0.2, 0.25) is 0 Å². The van der Waals surface area contributed by atoms with Crippen LogP contribution in [0.4, 0.5) is 5.69 Å². The van der Waals surface area contributed by atoms with E-state index in [9.17, 15) is 9.59 Å². The average Bonchev–Trinajstić information content (AvgIpc) is 2.79. The number of rotatable bonds is 8. The third-order valence-electron chi connectivity index (χ3n) is 5.89. The Hall–Kier alpha value is -3.02. The zero-order valence-corrected chi connectivity index (χ0v) is 18.6. The van der Waals surface area contributed by atoms with Gasteiger partial charge in [-0.1, -0.05) is 18.2 Å². The lowest BCUT2D eigenvalue weighted by atomic mass is 9.92. The monoisotopic (exact) mass is 424 g/mol. The molecule has 0 bridgehead atoms. The number of carbonyl (C=O) groups is 2. The summed E-state index contributed by atoms with van der Waals surface area (Å²) in [5, 5.41) is 2.99. The van der Waals surface area contributed by atoms with Gasteiger partial charge in [0.2, 0.25) is 11.8 Å². The van der Waals surface area contributed by atoms with Gasteiger partial charge in [0, 0.05) is 30.8 Å². The molecule has 3 rings (SSSR count). The van der Waals surface area contributed by atoms with Crippen LogP contribution in [0.3, 0.4) is 0 Å². The molecule has 0 unspecified atom stereocenters. The Kier molecular flexibility index (Phi) is 7.93. The zero-order chi connectivity index (χ0) is 22.2. The van der Waals surface area contributed by atoms with Crippen molar-refractivity contribution < 1.29 is 19.1 Å². The minimum atomic E-state index is 0.00531. The second-order valence-corrected chi connectivity index (χ2v) is 8.10. The van der Waals surface area contributed by atoms with Gasteiger partial charge in [-0.25, -0.2) is 0 Å². The minimum Gasteiger partial charge on any atom is -0.497 e. The summed E-state index contributed by atoms with van der Waals surface area (Å²) in [6.45, 7) is 3.44. The summed E-state index contributed by atoms with van der Waals surface area (Å²) in [5.74, 6) is 1.99. The third kappa shape index (κ3) is 6.23. The Balaban J connectivity index is 1.49. The summed E-state index contributed by atoms with van der Waals surface area (Å²) in [7, 11) is 3.25. The molecule has 2 aromatic carbocycles. The predicted octanol–water partition coefficient (Wildman–Crippen LogP) is 4.21. The maximum Gasteiger partial charge on any atom is 0.227 e. The first-order chi connectivity index (χ1) is 15.0. The molecule has 2 amide bonds. The van der Waals surface area contributed by atoms with Gasteiger partial charge in [0.05, 0.1) is 20.6 Å². The number of piperidine rings is 1. The number of methoxy groups -OCH3 is 2. The predicted molar refractivity (Wildman–Crippen MR) is 122 cm³/mol. The Morgan fingerprint density at radius 3 is 2.68 bits per heavy atom. The van der Waals surface area contributed by atoms with Gasteiger partial charge in [0.25, 0.3) is 0 Å². The van der Waals surface area contributed by atoms with Gasteiger partial charge < -0.3 is 19.7 Å². The lowest BCUT2D eigenvalue weighted by molar-refractivity contribution is -0.132. The van der Waals surface area contributed by atoms with Crippen molar-refractivity contribution in [1.29, 1.82) is 0 Å². The van der Waals surface area contributed by atoms with Crippen molar-refractivity contribution in [2.45, 2.75) is 39.0 Å². The fraction of sp³-hybridized carbons (Fsp3) is 0.440. The highest BCUT2D eigenvalue weighted by atomic mass is 16.5. The molecular formula is C25H32N2O4. The summed E-state index contributed by atoms with van der Waals surface area (Å²) in [6.07, 6.45) is 3.59. The van der Waals surface area contributed by atoms with Gasteiger partial charge >= 0.3 is 0 Å². The first kappa shape index (κ1) is 22.7. The van der Waals surface area contributed by atoms with E-state index in [4.69, 9.17) is 9.47 Å². The molecule has 1 N–H and O–H groups in total. The second-order valence-electron chi connectivity index (χ2n) is 8.10. The van der Waals surface area contributed by atoms with Gasteiger partial charge in [0.15, 0.2) is 0 Å². The summed E-state index contributed by atoms with van der Waals surface area (Å²) in [4.78, 5) is 27.2. The molecule has 6 nitrogen and oxygen atoms in total. The van der Waals surface area contributed by atoms with Crippen LogP contribution in [0.25, 0.3) is 0 Å². The number of para-hydroxylation sites is 1. The number of hydrogen-bond acceptors (Lipinski definition) is 4. The number of hydrogen-bond donors (Lipinski definition) is 1. The summed E-state index contributed by atoms with van der Waals surface area (Å²) in [6, 6.07) is 13.3. The lowest BCUT2D eigenvalue weighted by Gasteiger charge is -2.33. The standard InChI is InChI=1S/C25H32N2O4/c1-18-15-21(30-2)11-12-22(18)26-24(28)13-10-19-7-6-14-27(17-19)25(29)16-20-8-4-5-9-23(20)31-3/h4-5,8-9,11-12,15,19H,6-7,10,13-14,16-17H2,1-3H3,(H,26,28)/t19-/m1/s1. The van der Waals surface area contributed by atoms with Crippen molar-refractivity contribution in [2.75, 3.05) is 32.6 Å². The molecule has 31 heavy (non-hydrogen) atoms. The average molecular weight is 425 g/mol. The molecule has 1 atom stereocenters. The molecule has 0 spiro atoms. The topological polar surface area (TPSA) is 67.9 Å². The SMILES string of the molecule is COc1ccc(NC(=O)CC[C@H]2CCCN(C(=O)Cc3ccccc3OC)C2)c(C)c1. The third-order valence-corrected chi connectivity index (χ3v) is 5.89. The molecule has 6 heteroatoms. The van der Waals surface area contributed by atoms with E-state index >= 15 is 0 Å². The van der Waals surface area contributed by atoms with E-state index in [1.807, 2.05) is 54.3 Å². The molecule has 0 aromatic heterocycles. The van der Waals surface area contributed by atoms with E-state index in [0.29, 0.717) is 25.3 Å². The van der Waals surface area contributed by atoms with Gasteiger partial charge in [-0.2, -0.15) is 0 Å². The van der Waals surface area contributed by atoms with Gasteiger partial charge in [-0.3, -0.25) is 9.59 Å². The molecule has 0 aliphatic carbocycles. The number of anilines is 1. The van der Waals surface area contributed by atoms with E-state index in [-0.39, 0.29) is 11.8 Å². The maximum absolute atomic E-state index is 12.8. The maximum atomic E-state index is 12.8. The second kappa shape index (κ2) is 10.8. The summed E-state index contributed by atoms with van der Waals surface area (Å²) in [5.41, 5.74) is 2.69. The first-order valence-electron chi connectivity index (χ1n) is 10.8. The van der Waals surface area contributed by atoms with Crippen molar-refractivity contribution >= 4 is 17.5 Å². The van der Waals surface area contributed by atoms with E-state index < -0.39 is 0 Å². The smallest absolute Gasteiger partial charge is 0.227 e. The Morgan fingerprint density at radius 2 is 1.94 bits per heavy atom. The molecule has 1 aliphatic heterocycles. The number of benzene rings is 2. The lowest BCUT2D eigenvalue weighted by Crippen LogP contribution is -2.41. The molecule has 1 fully saturated rings. The van der Waals surface area contributed by atoms with E-state index in [1.165, 1.54) is 0 Å². The molecule has 2 aromatic rings. The molecule has 0 saturated carbocycles. The first-order valence-corrected chi connectivity index (χ1v) is 10.8. The number of likely N-dealkylation sites (tertiary alicyclic amines) is 1. The Morgan fingerprint density at radius 1 is 1.13 bits per heavy atom. The normalized spacial score (nSPS) is 16.0. The van der Waals surface area contributed by atoms with Crippen molar-refractivity contribution in [3.63, 3.8) is 0 Å². The highest BCUT2D eigenvalue weighted by molar-refractivity contribution is 5.91. The van der Waals surface area contributed by atoms with Crippen molar-refractivity contribution in [3.8, 4) is 11.5 Å². The van der Waals surface area contributed by atoms with E-state index in [2.05, 4.69) is 5.32 Å². The van der Waals surface area contributed by atoms with Crippen LogP contribution in [0.1, 0.15) is 36.8 Å². The van der Waals surface area contributed by atoms with Crippen molar-refractivity contribution in [3.05, 3.63) is 53.6 Å².